The molecule has 0 atom stereocenters. The number of aliphatic hydroxyl groups is 1. The van der Waals surface area contributed by atoms with E-state index < -0.39 is 0 Å². The van der Waals surface area contributed by atoms with Crippen molar-refractivity contribution in [3.05, 3.63) is 33.4 Å². The van der Waals surface area contributed by atoms with Gasteiger partial charge in [-0.25, -0.2) is 0 Å². The van der Waals surface area contributed by atoms with Gasteiger partial charge in [0, 0.05) is 8.99 Å². The van der Waals surface area contributed by atoms with Crippen molar-refractivity contribution in [2.24, 2.45) is 0 Å². The maximum Gasteiger partial charge on any atom is 0.0522 e. The fraction of sp³-hybridized carbons (Fsp3) is 0.400. The molecule has 0 unspecified atom stereocenters. The molecule has 12 heavy (non-hydrogen) atoms. The molecule has 1 aromatic carbocycles. The normalized spacial score (nSPS) is 11.7. The standard InChI is InChI=1S/C10H13IO/c1-10(2,7-12)8-5-3-4-6-9(8)11/h3-6,12H,7H2,1-2H3. The Morgan fingerprint density at radius 2 is 1.92 bits per heavy atom. The zero-order valence-corrected chi connectivity index (χ0v) is 9.50. The lowest BCUT2D eigenvalue weighted by atomic mass is 9.86. The zero-order chi connectivity index (χ0) is 9.19. The van der Waals surface area contributed by atoms with Crippen molar-refractivity contribution in [3.63, 3.8) is 0 Å². The first-order valence-corrected chi connectivity index (χ1v) is 5.01. The minimum absolute atomic E-state index is 0.127. The van der Waals surface area contributed by atoms with Gasteiger partial charge in [0.2, 0.25) is 0 Å². The molecular weight excluding hydrogens is 263 g/mol. The third kappa shape index (κ3) is 1.98. The largest absolute Gasteiger partial charge is 0.395 e. The van der Waals surface area contributed by atoms with Crippen molar-refractivity contribution >= 4 is 22.6 Å². The van der Waals surface area contributed by atoms with Crippen molar-refractivity contribution in [3.8, 4) is 0 Å². The molecule has 0 heterocycles. The van der Waals surface area contributed by atoms with Crippen LogP contribution in [0.5, 0.6) is 0 Å². The van der Waals surface area contributed by atoms with Gasteiger partial charge in [-0.3, -0.25) is 0 Å². The summed E-state index contributed by atoms with van der Waals surface area (Å²) in [5.41, 5.74) is 1.09. The molecule has 1 N–H and O–H groups in total. The highest BCUT2D eigenvalue weighted by Gasteiger charge is 2.20. The van der Waals surface area contributed by atoms with Gasteiger partial charge in [0.05, 0.1) is 6.61 Å². The molecule has 2 heteroatoms. The maximum absolute atomic E-state index is 9.17. The Kier molecular flexibility index (Phi) is 3.12. The summed E-state index contributed by atoms with van der Waals surface area (Å²) in [5, 5.41) is 9.17. The fourth-order valence-electron chi connectivity index (χ4n) is 1.10. The van der Waals surface area contributed by atoms with Gasteiger partial charge in [0.15, 0.2) is 0 Å². The Balaban J connectivity index is 3.10. The van der Waals surface area contributed by atoms with Gasteiger partial charge in [-0.05, 0) is 34.2 Å². The molecule has 0 fully saturated rings. The Labute approximate surface area is 86.9 Å². The van der Waals surface area contributed by atoms with Crippen LogP contribution in [-0.2, 0) is 5.41 Å². The number of rotatable bonds is 2. The Morgan fingerprint density at radius 1 is 1.33 bits per heavy atom. The minimum Gasteiger partial charge on any atom is -0.395 e. The van der Waals surface area contributed by atoms with Crippen molar-refractivity contribution in [1.29, 1.82) is 0 Å². The van der Waals surface area contributed by atoms with Crippen LogP contribution in [0.25, 0.3) is 0 Å². The summed E-state index contributed by atoms with van der Waals surface area (Å²) >= 11 is 2.30. The Bertz CT molecular complexity index is 268. The van der Waals surface area contributed by atoms with Crippen molar-refractivity contribution in [2.45, 2.75) is 19.3 Å². The van der Waals surface area contributed by atoms with E-state index in [4.69, 9.17) is 5.11 Å². The lowest BCUT2D eigenvalue weighted by Crippen LogP contribution is -2.23. The number of benzene rings is 1. The fourth-order valence-corrected chi connectivity index (χ4v) is 2.21. The van der Waals surface area contributed by atoms with Crippen LogP contribution < -0.4 is 0 Å². The molecule has 0 saturated carbocycles. The van der Waals surface area contributed by atoms with E-state index in [1.54, 1.807) is 0 Å². The molecule has 0 spiro atoms. The van der Waals surface area contributed by atoms with E-state index >= 15 is 0 Å². The molecule has 0 aliphatic carbocycles. The first kappa shape index (κ1) is 9.99. The predicted molar refractivity (Wildman–Crippen MR) is 59.3 cm³/mol. The first-order chi connectivity index (χ1) is 5.58. The molecule has 1 nitrogen and oxygen atoms in total. The van der Waals surface area contributed by atoms with Crippen LogP contribution in [0.3, 0.4) is 0 Å². The quantitative estimate of drug-likeness (QED) is 0.823. The van der Waals surface area contributed by atoms with Crippen LogP contribution >= 0.6 is 22.6 Å². The topological polar surface area (TPSA) is 20.2 Å². The van der Waals surface area contributed by atoms with Crippen molar-refractivity contribution < 1.29 is 5.11 Å². The summed E-state index contributed by atoms with van der Waals surface area (Å²) in [4.78, 5) is 0. The summed E-state index contributed by atoms with van der Waals surface area (Å²) in [6.07, 6.45) is 0. The molecule has 0 saturated heterocycles. The van der Waals surface area contributed by atoms with E-state index in [0.717, 1.165) is 0 Å². The van der Waals surface area contributed by atoms with E-state index in [-0.39, 0.29) is 12.0 Å². The number of hydrogen-bond donors (Lipinski definition) is 1. The molecule has 1 rings (SSSR count). The molecule has 0 radical (unpaired) electrons. The average molecular weight is 276 g/mol. The van der Waals surface area contributed by atoms with E-state index in [0.29, 0.717) is 0 Å². The Hall–Kier alpha value is -0.0900. The SMILES string of the molecule is CC(C)(CO)c1ccccc1I. The van der Waals surface area contributed by atoms with Gasteiger partial charge in [-0.1, -0.05) is 32.0 Å². The van der Waals surface area contributed by atoms with Crippen LogP contribution in [0.1, 0.15) is 19.4 Å². The number of aliphatic hydroxyl groups excluding tert-OH is 1. The molecule has 0 aliphatic rings. The van der Waals surface area contributed by atoms with Crippen molar-refractivity contribution in [1.82, 2.24) is 0 Å². The van der Waals surface area contributed by atoms with E-state index in [1.807, 2.05) is 26.0 Å². The van der Waals surface area contributed by atoms with Gasteiger partial charge in [0.1, 0.15) is 0 Å². The third-order valence-electron chi connectivity index (χ3n) is 2.00. The molecule has 0 bridgehead atoms. The van der Waals surface area contributed by atoms with E-state index in [9.17, 15) is 0 Å². The molecule has 66 valence electrons. The lowest BCUT2D eigenvalue weighted by molar-refractivity contribution is 0.218. The van der Waals surface area contributed by atoms with Gasteiger partial charge in [-0.15, -0.1) is 0 Å². The van der Waals surface area contributed by atoms with Gasteiger partial charge >= 0.3 is 0 Å². The molecule has 0 aromatic heterocycles. The predicted octanol–water partition coefficient (Wildman–Crippen LogP) is 2.56. The van der Waals surface area contributed by atoms with E-state index in [2.05, 4.69) is 34.7 Å². The average Bonchev–Trinajstić information content (AvgIpc) is 2.05. The maximum atomic E-state index is 9.17. The molecule has 0 aliphatic heterocycles. The highest BCUT2D eigenvalue weighted by Crippen LogP contribution is 2.26. The third-order valence-corrected chi connectivity index (χ3v) is 2.94. The number of halogens is 1. The summed E-state index contributed by atoms with van der Waals surface area (Å²) < 4.78 is 1.22. The second kappa shape index (κ2) is 3.75. The lowest BCUT2D eigenvalue weighted by Gasteiger charge is -2.23. The first-order valence-electron chi connectivity index (χ1n) is 3.94. The smallest absolute Gasteiger partial charge is 0.0522 e. The van der Waals surface area contributed by atoms with Crippen LogP contribution in [0.15, 0.2) is 24.3 Å². The number of hydrogen-bond acceptors (Lipinski definition) is 1. The second-order valence-electron chi connectivity index (χ2n) is 3.52. The van der Waals surface area contributed by atoms with Crippen LogP contribution in [-0.4, -0.2) is 11.7 Å². The molecular formula is C10H13IO. The highest BCUT2D eigenvalue weighted by molar-refractivity contribution is 14.1. The van der Waals surface area contributed by atoms with Crippen LogP contribution in [0, 0.1) is 3.57 Å². The molecule has 0 amide bonds. The summed E-state index contributed by atoms with van der Waals surface area (Å²) in [7, 11) is 0. The zero-order valence-electron chi connectivity index (χ0n) is 7.34. The summed E-state index contributed by atoms with van der Waals surface area (Å²) in [6.45, 7) is 4.28. The second-order valence-corrected chi connectivity index (χ2v) is 4.68. The molecule has 1 aromatic rings. The van der Waals surface area contributed by atoms with Crippen molar-refractivity contribution in [2.75, 3.05) is 6.61 Å². The van der Waals surface area contributed by atoms with Crippen LogP contribution in [0.4, 0.5) is 0 Å². The summed E-state index contributed by atoms with van der Waals surface area (Å²) in [6, 6.07) is 8.15. The van der Waals surface area contributed by atoms with Gasteiger partial charge in [-0.2, -0.15) is 0 Å². The highest BCUT2D eigenvalue weighted by atomic mass is 127. The Morgan fingerprint density at radius 3 is 2.42 bits per heavy atom. The van der Waals surface area contributed by atoms with Crippen LogP contribution in [0.2, 0.25) is 0 Å². The summed E-state index contributed by atoms with van der Waals surface area (Å²) in [5.74, 6) is 0. The van der Waals surface area contributed by atoms with Gasteiger partial charge < -0.3 is 5.11 Å². The van der Waals surface area contributed by atoms with E-state index in [1.165, 1.54) is 9.13 Å². The monoisotopic (exact) mass is 276 g/mol. The minimum atomic E-state index is -0.127. The van der Waals surface area contributed by atoms with Gasteiger partial charge in [0.25, 0.3) is 0 Å².